The summed E-state index contributed by atoms with van der Waals surface area (Å²) in [5.74, 6) is 0.553. The summed E-state index contributed by atoms with van der Waals surface area (Å²) in [6.45, 7) is 2.14. The molecule has 2 aromatic carbocycles. The maximum absolute atomic E-state index is 6.11. The van der Waals surface area contributed by atoms with E-state index in [9.17, 15) is 0 Å². The Bertz CT molecular complexity index is 765. The van der Waals surface area contributed by atoms with Gasteiger partial charge in [-0.15, -0.1) is 0 Å². The van der Waals surface area contributed by atoms with E-state index in [4.69, 9.17) is 5.73 Å². The fraction of sp³-hybridized carbons (Fsp3) is 0.133. The van der Waals surface area contributed by atoms with Gasteiger partial charge in [0.15, 0.2) is 0 Å². The Morgan fingerprint density at radius 3 is 2.60 bits per heavy atom. The lowest BCUT2D eigenvalue weighted by molar-refractivity contribution is 0.667. The van der Waals surface area contributed by atoms with Crippen LogP contribution in [0.4, 0.5) is 5.95 Å². The molecular formula is C15H13BrIN3. The molecule has 0 saturated heterocycles. The molecule has 2 N–H and O–H groups in total. The minimum Gasteiger partial charge on any atom is -0.369 e. The van der Waals surface area contributed by atoms with Gasteiger partial charge in [0.2, 0.25) is 5.95 Å². The number of rotatable bonds is 2. The molecule has 0 aliphatic carbocycles. The normalized spacial score (nSPS) is 12.8. The number of fused-ring (bicyclic) bond motifs is 1. The Labute approximate surface area is 139 Å². The van der Waals surface area contributed by atoms with Crippen molar-refractivity contribution in [2.45, 2.75) is 13.0 Å². The number of aromatic nitrogens is 2. The van der Waals surface area contributed by atoms with E-state index in [0.29, 0.717) is 5.95 Å². The molecule has 3 nitrogen and oxygen atoms in total. The number of nitrogens with two attached hydrogens (primary N) is 1. The monoisotopic (exact) mass is 441 g/mol. The summed E-state index contributed by atoms with van der Waals surface area (Å²) in [6.07, 6.45) is 0. The molecule has 1 aromatic heterocycles. The topological polar surface area (TPSA) is 43.8 Å². The van der Waals surface area contributed by atoms with Crippen LogP contribution in [0.15, 0.2) is 46.9 Å². The number of hydrogen-bond acceptors (Lipinski definition) is 2. The molecule has 0 bridgehead atoms. The van der Waals surface area contributed by atoms with Crippen molar-refractivity contribution in [2.24, 2.45) is 0 Å². The summed E-state index contributed by atoms with van der Waals surface area (Å²) in [5.41, 5.74) is 9.33. The lowest BCUT2D eigenvalue weighted by Gasteiger charge is -2.16. The largest absolute Gasteiger partial charge is 0.369 e. The molecule has 102 valence electrons. The van der Waals surface area contributed by atoms with Crippen LogP contribution in [-0.2, 0) is 0 Å². The zero-order valence-electron chi connectivity index (χ0n) is 10.8. The van der Waals surface area contributed by atoms with Crippen LogP contribution in [-0.4, -0.2) is 9.55 Å². The third kappa shape index (κ3) is 2.44. The van der Waals surface area contributed by atoms with Gasteiger partial charge in [-0.05, 0) is 65.4 Å². The van der Waals surface area contributed by atoms with E-state index in [1.807, 2.05) is 12.1 Å². The first-order chi connectivity index (χ1) is 9.56. The molecule has 3 aromatic rings. The van der Waals surface area contributed by atoms with Gasteiger partial charge in [-0.25, -0.2) is 4.98 Å². The standard InChI is InChI=1S/C15H13BrIN3/c1-9(10-2-4-11(16)5-3-10)20-14-7-6-12(17)8-13(14)19-15(20)18/h2-9H,1H3,(H2,18,19). The number of anilines is 1. The SMILES string of the molecule is CC(c1ccc(Br)cc1)n1c(N)nc2cc(I)ccc21. The average molecular weight is 442 g/mol. The Kier molecular flexibility index (Phi) is 3.72. The highest BCUT2D eigenvalue weighted by Crippen LogP contribution is 2.28. The van der Waals surface area contributed by atoms with E-state index in [1.54, 1.807) is 0 Å². The lowest BCUT2D eigenvalue weighted by atomic mass is 10.1. The van der Waals surface area contributed by atoms with Crippen LogP contribution in [0.3, 0.4) is 0 Å². The van der Waals surface area contributed by atoms with Gasteiger partial charge in [0.05, 0.1) is 17.1 Å². The van der Waals surface area contributed by atoms with Gasteiger partial charge >= 0.3 is 0 Å². The van der Waals surface area contributed by atoms with Gasteiger partial charge in [0.1, 0.15) is 0 Å². The number of nitrogens with zero attached hydrogens (tertiary/aromatic N) is 2. The molecule has 0 aliphatic rings. The van der Waals surface area contributed by atoms with Crippen molar-refractivity contribution in [1.82, 2.24) is 9.55 Å². The number of nitrogen functional groups attached to an aromatic ring is 1. The van der Waals surface area contributed by atoms with Crippen molar-refractivity contribution in [3.05, 3.63) is 56.1 Å². The van der Waals surface area contributed by atoms with Crippen LogP contribution in [0.25, 0.3) is 11.0 Å². The summed E-state index contributed by atoms with van der Waals surface area (Å²) in [4.78, 5) is 4.46. The van der Waals surface area contributed by atoms with Gasteiger partial charge in [-0.2, -0.15) is 0 Å². The molecule has 0 radical (unpaired) electrons. The van der Waals surface area contributed by atoms with Crippen LogP contribution < -0.4 is 5.73 Å². The van der Waals surface area contributed by atoms with Crippen LogP contribution in [0.2, 0.25) is 0 Å². The molecule has 1 heterocycles. The second kappa shape index (κ2) is 5.37. The van der Waals surface area contributed by atoms with Crippen LogP contribution in [0.5, 0.6) is 0 Å². The molecule has 0 amide bonds. The zero-order chi connectivity index (χ0) is 14.3. The minimum absolute atomic E-state index is 0.146. The second-order valence-corrected chi connectivity index (χ2v) is 6.86. The predicted octanol–water partition coefficient (Wildman–Crippen LogP) is 4.59. The molecule has 1 atom stereocenters. The van der Waals surface area contributed by atoms with Gasteiger partial charge in [0, 0.05) is 8.04 Å². The van der Waals surface area contributed by atoms with Crippen molar-refractivity contribution >= 4 is 55.5 Å². The number of imidazole rings is 1. The number of benzene rings is 2. The molecule has 5 heteroatoms. The van der Waals surface area contributed by atoms with Crippen molar-refractivity contribution in [3.8, 4) is 0 Å². The maximum Gasteiger partial charge on any atom is 0.201 e. The summed E-state index contributed by atoms with van der Waals surface area (Å²) in [5, 5.41) is 0. The molecule has 0 spiro atoms. The first kappa shape index (κ1) is 13.9. The Morgan fingerprint density at radius 2 is 1.90 bits per heavy atom. The summed E-state index contributed by atoms with van der Waals surface area (Å²) >= 11 is 5.75. The Balaban J connectivity index is 2.13. The lowest BCUT2D eigenvalue weighted by Crippen LogP contribution is -2.10. The smallest absolute Gasteiger partial charge is 0.201 e. The second-order valence-electron chi connectivity index (χ2n) is 4.70. The van der Waals surface area contributed by atoms with E-state index in [0.717, 1.165) is 19.1 Å². The molecule has 0 aliphatic heterocycles. The summed E-state index contributed by atoms with van der Waals surface area (Å²) in [7, 11) is 0. The number of halogens is 2. The van der Waals surface area contributed by atoms with Gasteiger partial charge in [0.25, 0.3) is 0 Å². The van der Waals surface area contributed by atoms with Crippen LogP contribution >= 0.6 is 38.5 Å². The maximum atomic E-state index is 6.11. The zero-order valence-corrected chi connectivity index (χ0v) is 14.6. The van der Waals surface area contributed by atoms with Gasteiger partial charge < -0.3 is 10.3 Å². The van der Waals surface area contributed by atoms with Gasteiger partial charge in [-0.1, -0.05) is 28.1 Å². The quantitative estimate of drug-likeness (QED) is 0.591. The number of hydrogen-bond donors (Lipinski definition) is 1. The molecule has 0 saturated carbocycles. The van der Waals surface area contributed by atoms with Crippen molar-refractivity contribution in [3.63, 3.8) is 0 Å². The van der Waals surface area contributed by atoms with E-state index in [2.05, 4.69) is 85.3 Å². The van der Waals surface area contributed by atoms with E-state index < -0.39 is 0 Å². The van der Waals surface area contributed by atoms with Crippen molar-refractivity contribution in [2.75, 3.05) is 5.73 Å². The molecule has 1 unspecified atom stereocenters. The summed E-state index contributed by atoms with van der Waals surface area (Å²) in [6, 6.07) is 14.7. The average Bonchev–Trinajstić information content (AvgIpc) is 2.73. The highest BCUT2D eigenvalue weighted by Gasteiger charge is 2.15. The summed E-state index contributed by atoms with van der Waals surface area (Å²) < 4.78 is 4.32. The molecular weight excluding hydrogens is 429 g/mol. The fourth-order valence-corrected chi connectivity index (χ4v) is 3.13. The van der Waals surface area contributed by atoms with E-state index in [1.165, 1.54) is 5.56 Å². The van der Waals surface area contributed by atoms with Crippen molar-refractivity contribution < 1.29 is 0 Å². The molecule has 0 fully saturated rings. The minimum atomic E-state index is 0.146. The fourth-order valence-electron chi connectivity index (χ4n) is 2.39. The van der Waals surface area contributed by atoms with Gasteiger partial charge in [-0.3, -0.25) is 0 Å². The highest BCUT2D eigenvalue weighted by molar-refractivity contribution is 14.1. The third-order valence-corrected chi connectivity index (χ3v) is 4.62. The van der Waals surface area contributed by atoms with Crippen LogP contribution in [0.1, 0.15) is 18.5 Å². The Morgan fingerprint density at radius 1 is 1.20 bits per heavy atom. The highest BCUT2D eigenvalue weighted by atomic mass is 127. The third-order valence-electron chi connectivity index (χ3n) is 3.42. The molecule has 3 rings (SSSR count). The van der Waals surface area contributed by atoms with E-state index in [-0.39, 0.29) is 6.04 Å². The van der Waals surface area contributed by atoms with Crippen molar-refractivity contribution in [1.29, 1.82) is 0 Å². The predicted molar refractivity (Wildman–Crippen MR) is 94.8 cm³/mol. The first-order valence-corrected chi connectivity index (χ1v) is 8.12. The van der Waals surface area contributed by atoms with Crippen LogP contribution in [0, 0.1) is 3.57 Å². The molecule has 20 heavy (non-hydrogen) atoms. The Hall–Kier alpha value is -1.08. The first-order valence-electron chi connectivity index (χ1n) is 6.24. The van der Waals surface area contributed by atoms with E-state index >= 15 is 0 Å².